The van der Waals surface area contributed by atoms with Gasteiger partial charge in [0.1, 0.15) is 0 Å². The Balaban J connectivity index is 1.60. The monoisotopic (exact) mass is 382 g/mol. The number of hydrogen-bond acceptors (Lipinski definition) is 4. The summed E-state index contributed by atoms with van der Waals surface area (Å²) in [5.41, 5.74) is 1.24. The summed E-state index contributed by atoms with van der Waals surface area (Å²) in [6.07, 6.45) is 3.63. The van der Waals surface area contributed by atoms with Crippen molar-refractivity contribution in [1.82, 2.24) is 9.80 Å². The Bertz CT molecular complexity index is 891. The van der Waals surface area contributed by atoms with E-state index in [1.165, 1.54) is 9.78 Å². The largest absolute Gasteiger partial charge is 0.331 e. The lowest BCUT2D eigenvalue weighted by Gasteiger charge is -2.24. The number of imide groups is 1. The van der Waals surface area contributed by atoms with E-state index in [0.29, 0.717) is 29.8 Å². The lowest BCUT2D eigenvalue weighted by Crippen LogP contribution is -2.31. The molecule has 0 radical (unpaired) electrons. The van der Waals surface area contributed by atoms with Crippen molar-refractivity contribution in [2.45, 2.75) is 38.6 Å². The maximum atomic E-state index is 13.1. The molecule has 1 fully saturated rings. The summed E-state index contributed by atoms with van der Waals surface area (Å²) in [5, 5.41) is 2.03. The molecule has 5 nitrogen and oxygen atoms in total. The third kappa shape index (κ3) is 3.08. The molecule has 6 heteroatoms. The third-order valence-electron chi connectivity index (χ3n) is 5.34. The van der Waals surface area contributed by atoms with Gasteiger partial charge in [0, 0.05) is 23.5 Å². The molecular weight excluding hydrogens is 360 g/mol. The molecule has 1 atom stereocenters. The molecule has 4 rings (SSSR count). The van der Waals surface area contributed by atoms with Crippen LogP contribution in [0.2, 0.25) is 0 Å². The number of likely N-dealkylation sites (tertiary alicyclic amines) is 1. The van der Waals surface area contributed by atoms with Crippen molar-refractivity contribution in [3.63, 3.8) is 0 Å². The molecule has 1 saturated heterocycles. The number of hydrogen-bond donors (Lipinski definition) is 0. The van der Waals surface area contributed by atoms with Crippen molar-refractivity contribution in [3.8, 4) is 0 Å². The van der Waals surface area contributed by atoms with Crippen molar-refractivity contribution in [2.24, 2.45) is 0 Å². The average Bonchev–Trinajstić information content (AvgIpc) is 3.41. The summed E-state index contributed by atoms with van der Waals surface area (Å²) in [5.74, 6) is -0.602. The van der Waals surface area contributed by atoms with Gasteiger partial charge in [-0.3, -0.25) is 19.3 Å². The smallest absolute Gasteiger partial charge is 0.261 e. The van der Waals surface area contributed by atoms with Crippen LogP contribution in [0, 0.1) is 0 Å². The second-order valence-electron chi connectivity index (χ2n) is 7.05. The van der Waals surface area contributed by atoms with Crippen LogP contribution in [0.15, 0.2) is 35.7 Å². The van der Waals surface area contributed by atoms with Gasteiger partial charge in [-0.2, -0.15) is 0 Å². The first-order valence-electron chi connectivity index (χ1n) is 9.46. The zero-order valence-electron chi connectivity index (χ0n) is 15.3. The second-order valence-corrected chi connectivity index (χ2v) is 8.03. The summed E-state index contributed by atoms with van der Waals surface area (Å²) in [6, 6.07) is 9.09. The van der Waals surface area contributed by atoms with Crippen LogP contribution < -0.4 is 0 Å². The van der Waals surface area contributed by atoms with Crippen molar-refractivity contribution in [3.05, 3.63) is 57.3 Å². The zero-order chi connectivity index (χ0) is 19.0. The molecule has 0 bridgehead atoms. The molecular formula is C21H22N2O3S. The second kappa shape index (κ2) is 7.27. The van der Waals surface area contributed by atoms with Crippen LogP contribution >= 0.6 is 11.3 Å². The molecule has 2 aliphatic heterocycles. The molecule has 140 valence electrons. The zero-order valence-corrected chi connectivity index (χ0v) is 16.1. The Morgan fingerprint density at radius 1 is 1.19 bits per heavy atom. The predicted octanol–water partition coefficient (Wildman–Crippen LogP) is 4.12. The van der Waals surface area contributed by atoms with Gasteiger partial charge in [-0.25, -0.2) is 0 Å². The number of nitrogens with zero attached hydrogens (tertiary/aromatic N) is 2. The van der Waals surface area contributed by atoms with Gasteiger partial charge in [-0.05, 0) is 48.9 Å². The standard InChI is InChI=1S/C21H22N2O3S/c1-2-3-10-23-20(25)15-9-8-14(13-16(15)21(23)26)19(24)22-11-4-6-17(22)18-7-5-12-27-18/h5,7-9,12-13,17H,2-4,6,10-11H2,1H3. The minimum atomic E-state index is -0.283. The summed E-state index contributed by atoms with van der Waals surface area (Å²) in [6.45, 7) is 3.17. The number of fused-ring (bicyclic) bond motifs is 1. The highest BCUT2D eigenvalue weighted by Crippen LogP contribution is 2.36. The van der Waals surface area contributed by atoms with E-state index in [1.807, 2.05) is 23.3 Å². The van der Waals surface area contributed by atoms with Crippen molar-refractivity contribution >= 4 is 29.1 Å². The fourth-order valence-electron chi connectivity index (χ4n) is 3.90. The maximum absolute atomic E-state index is 13.1. The Morgan fingerprint density at radius 2 is 2.00 bits per heavy atom. The first kappa shape index (κ1) is 17.9. The van der Waals surface area contributed by atoms with Gasteiger partial charge >= 0.3 is 0 Å². The van der Waals surface area contributed by atoms with Crippen molar-refractivity contribution in [1.29, 1.82) is 0 Å². The van der Waals surface area contributed by atoms with E-state index in [0.717, 1.165) is 25.7 Å². The van der Waals surface area contributed by atoms with Gasteiger partial charge in [0.05, 0.1) is 17.2 Å². The van der Waals surface area contributed by atoms with Gasteiger partial charge in [0.15, 0.2) is 0 Å². The fraction of sp³-hybridized carbons (Fsp3) is 0.381. The molecule has 0 spiro atoms. The van der Waals surface area contributed by atoms with Gasteiger partial charge < -0.3 is 4.90 Å². The minimum absolute atomic E-state index is 0.0686. The van der Waals surface area contributed by atoms with Gasteiger partial charge in [0.2, 0.25) is 0 Å². The van der Waals surface area contributed by atoms with Gasteiger partial charge in [-0.1, -0.05) is 19.4 Å². The van der Waals surface area contributed by atoms with Crippen LogP contribution in [0.1, 0.15) is 74.6 Å². The van der Waals surface area contributed by atoms with Crippen LogP contribution in [0.3, 0.4) is 0 Å². The number of carbonyl (C=O) groups excluding carboxylic acids is 3. The highest BCUT2D eigenvalue weighted by molar-refractivity contribution is 7.10. The lowest BCUT2D eigenvalue weighted by atomic mass is 10.0. The number of rotatable bonds is 5. The number of benzene rings is 1. The first-order valence-corrected chi connectivity index (χ1v) is 10.3. The van der Waals surface area contributed by atoms with Crippen LogP contribution in [0.5, 0.6) is 0 Å². The molecule has 2 aromatic rings. The molecule has 1 unspecified atom stereocenters. The topological polar surface area (TPSA) is 57.7 Å². The van der Waals surface area contributed by atoms with Crippen molar-refractivity contribution in [2.75, 3.05) is 13.1 Å². The SMILES string of the molecule is CCCCN1C(=O)c2ccc(C(=O)N3CCCC3c3cccs3)cc2C1=O. The molecule has 0 N–H and O–H groups in total. The van der Waals surface area contributed by atoms with Crippen LogP contribution in [-0.4, -0.2) is 40.6 Å². The van der Waals surface area contributed by atoms with E-state index < -0.39 is 0 Å². The molecule has 3 amide bonds. The Hall–Kier alpha value is -2.47. The number of amides is 3. The van der Waals surface area contributed by atoms with E-state index in [2.05, 4.69) is 6.07 Å². The summed E-state index contributed by atoms with van der Waals surface area (Å²) >= 11 is 1.67. The Kier molecular flexibility index (Phi) is 4.83. The molecule has 0 saturated carbocycles. The van der Waals surface area contributed by atoms with Gasteiger partial charge in [-0.15, -0.1) is 11.3 Å². The van der Waals surface area contributed by atoms with Crippen LogP contribution in [0.4, 0.5) is 0 Å². The summed E-state index contributed by atoms with van der Waals surface area (Å²) < 4.78 is 0. The maximum Gasteiger partial charge on any atom is 0.261 e. The third-order valence-corrected chi connectivity index (χ3v) is 6.31. The van der Waals surface area contributed by atoms with E-state index in [4.69, 9.17) is 0 Å². The number of carbonyl (C=O) groups is 3. The molecule has 27 heavy (non-hydrogen) atoms. The molecule has 1 aromatic carbocycles. The quantitative estimate of drug-likeness (QED) is 0.731. The highest BCUT2D eigenvalue weighted by atomic mass is 32.1. The van der Waals surface area contributed by atoms with Gasteiger partial charge in [0.25, 0.3) is 17.7 Å². The highest BCUT2D eigenvalue weighted by Gasteiger charge is 2.37. The molecule has 1 aromatic heterocycles. The van der Waals surface area contributed by atoms with E-state index in [-0.39, 0.29) is 23.8 Å². The summed E-state index contributed by atoms with van der Waals surface area (Å²) in [4.78, 5) is 42.6. The van der Waals surface area contributed by atoms with Crippen molar-refractivity contribution < 1.29 is 14.4 Å². The van der Waals surface area contributed by atoms with Crippen LogP contribution in [0.25, 0.3) is 0 Å². The molecule has 2 aliphatic rings. The Morgan fingerprint density at radius 3 is 2.74 bits per heavy atom. The Labute approximate surface area is 162 Å². The predicted molar refractivity (Wildman–Crippen MR) is 104 cm³/mol. The minimum Gasteiger partial charge on any atom is -0.331 e. The number of unbranched alkanes of at least 4 members (excludes halogenated alkanes) is 1. The fourth-order valence-corrected chi connectivity index (χ4v) is 4.77. The lowest BCUT2D eigenvalue weighted by molar-refractivity contribution is 0.0651. The molecule has 0 aliphatic carbocycles. The molecule has 3 heterocycles. The normalized spacial score (nSPS) is 19.1. The van der Waals surface area contributed by atoms with Crippen LogP contribution in [-0.2, 0) is 0 Å². The number of thiophene rings is 1. The summed E-state index contributed by atoms with van der Waals surface area (Å²) in [7, 11) is 0. The van der Waals surface area contributed by atoms with E-state index in [1.54, 1.807) is 29.5 Å². The van der Waals surface area contributed by atoms with E-state index in [9.17, 15) is 14.4 Å². The first-order chi connectivity index (χ1) is 13.1. The van der Waals surface area contributed by atoms with E-state index >= 15 is 0 Å². The average molecular weight is 382 g/mol.